The van der Waals surface area contributed by atoms with Gasteiger partial charge >= 0.3 is 5.97 Å². The van der Waals surface area contributed by atoms with Gasteiger partial charge in [-0.3, -0.25) is 4.79 Å². The molecule has 1 aromatic carbocycles. The number of hydrogen-bond acceptors (Lipinski definition) is 4. The van der Waals surface area contributed by atoms with Crippen LogP contribution >= 0.6 is 27.3 Å². The molecule has 2 rings (SSSR count). The maximum Gasteiger partial charge on any atom is 0.312 e. The predicted octanol–water partition coefficient (Wildman–Crippen LogP) is 3.43. The molecule has 0 aliphatic heterocycles. The highest BCUT2D eigenvalue weighted by Gasteiger charge is 2.10. The standard InChI is InChI=1S/C12H9BrFNO2S/c1-17-12(16)5-11-15-10(6-18-11)7-2-3-9(14)8(13)4-7/h2-4,6H,5H2,1H3. The van der Waals surface area contributed by atoms with Crippen LogP contribution in [0.3, 0.4) is 0 Å². The number of nitrogens with zero attached hydrogens (tertiary/aromatic N) is 1. The SMILES string of the molecule is COC(=O)Cc1nc(-c2ccc(F)c(Br)c2)cs1. The van der Waals surface area contributed by atoms with Crippen LogP contribution in [-0.2, 0) is 16.0 Å². The van der Waals surface area contributed by atoms with Gasteiger partial charge < -0.3 is 4.74 Å². The van der Waals surface area contributed by atoms with E-state index in [0.717, 1.165) is 11.3 Å². The molecular weight excluding hydrogens is 321 g/mol. The van der Waals surface area contributed by atoms with Gasteiger partial charge in [-0.05, 0) is 34.1 Å². The fourth-order valence-electron chi connectivity index (χ4n) is 1.38. The van der Waals surface area contributed by atoms with E-state index in [-0.39, 0.29) is 18.2 Å². The number of halogens is 2. The molecule has 0 radical (unpaired) electrons. The van der Waals surface area contributed by atoms with Gasteiger partial charge in [0.15, 0.2) is 0 Å². The average molecular weight is 330 g/mol. The molecule has 0 aliphatic carbocycles. The quantitative estimate of drug-likeness (QED) is 0.810. The summed E-state index contributed by atoms with van der Waals surface area (Å²) < 4.78 is 18.1. The number of carbonyl (C=O) groups excluding carboxylic acids is 1. The molecule has 1 aromatic heterocycles. The highest BCUT2D eigenvalue weighted by Crippen LogP contribution is 2.26. The van der Waals surface area contributed by atoms with Crippen molar-refractivity contribution < 1.29 is 13.9 Å². The Bertz CT molecular complexity index is 585. The number of thiazole rings is 1. The minimum absolute atomic E-state index is 0.156. The number of methoxy groups -OCH3 is 1. The first kappa shape index (κ1) is 13.2. The summed E-state index contributed by atoms with van der Waals surface area (Å²) in [6.45, 7) is 0. The van der Waals surface area contributed by atoms with Crippen LogP contribution in [0.1, 0.15) is 5.01 Å². The summed E-state index contributed by atoms with van der Waals surface area (Å²) in [5.74, 6) is -0.639. The molecule has 0 aliphatic rings. The summed E-state index contributed by atoms with van der Waals surface area (Å²) in [6.07, 6.45) is 0.156. The Morgan fingerprint density at radius 1 is 1.56 bits per heavy atom. The summed E-state index contributed by atoms with van der Waals surface area (Å²) in [6, 6.07) is 4.68. The number of aromatic nitrogens is 1. The third-order valence-electron chi connectivity index (χ3n) is 2.29. The summed E-state index contributed by atoms with van der Waals surface area (Å²) in [4.78, 5) is 15.4. The second kappa shape index (κ2) is 5.58. The number of esters is 1. The Hall–Kier alpha value is -1.27. The molecule has 0 saturated carbocycles. The largest absolute Gasteiger partial charge is 0.469 e. The van der Waals surface area contributed by atoms with Crippen LogP contribution in [0.4, 0.5) is 4.39 Å². The molecule has 3 nitrogen and oxygen atoms in total. The molecule has 0 atom stereocenters. The minimum atomic E-state index is -0.323. The summed E-state index contributed by atoms with van der Waals surface area (Å²) in [5.41, 5.74) is 1.52. The molecular formula is C12H9BrFNO2S. The van der Waals surface area contributed by atoms with Crippen LogP contribution in [-0.4, -0.2) is 18.1 Å². The van der Waals surface area contributed by atoms with Gasteiger partial charge in [0, 0.05) is 10.9 Å². The lowest BCUT2D eigenvalue weighted by Crippen LogP contribution is -2.03. The first-order valence-electron chi connectivity index (χ1n) is 5.07. The summed E-state index contributed by atoms with van der Waals surface area (Å²) in [5, 5.41) is 2.51. The van der Waals surface area contributed by atoms with Crippen LogP contribution in [0, 0.1) is 5.82 Å². The van der Waals surface area contributed by atoms with Gasteiger partial charge in [-0.15, -0.1) is 11.3 Å². The first-order chi connectivity index (χ1) is 8.60. The van der Waals surface area contributed by atoms with E-state index < -0.39 is 0 Å². The smallest absolute Gasteiger partial charge is 0.312 e. The highest BCUT2D eigenvalue weighted by atomic mass is 79.9. The molecule has 18 heavy (non-hydrogen) atoms. The topological polar surface area (TPSA) is 39.2 Å². The van der Waals surface area contributed by atoms with E-state index in [1.807, 2.05) is 5.38 Å². The Morgan fingerprint density at radius 3 is 3.00 bits per heavy atom. The maximum absolute atomic E-state index is 13.1. The van der Waals surface area contributed by atoms with Crippen LogP contribution in [0.15, 0.2) is 28.1 Å². The van der Waals surface area contributed by atoms with Crippen molar-refractivity contribution in [3.63, 3.8) is 0 Å². The van der Waals surface area contributed by atoms with E-state index in [1.165, 1.54) is 24.5 Å². The lowest BCUT2D eigenvalue weighted by atomic mass is 10.2. The predicted molar refractivity (Wildman–Crippen MR) is 70.9 cm³/mol. The van der Waals surface area contributed by atoms with Crippen molar-refractivity contribution in [1.82, 2.24) is 4.98 Å². The molecule has 2 aromatic rings. The van der Waals surface area contributed by atoms with Gasteiger partial charge in [0.25, 0.3) is 0 Å². The molecule has 6 heteroatoms. The Labute approximate surface area is 116 Å². The van der Waals surface area contributed by atoms with Crippen molar-refractivity contribution in [3.05, 3.63) is 38.9 Å². The van der Waals surface area contributed by atoms with Crippen molar-refractivity contribution in [1.29, 1.82) is 0 Å². The Balaban J connectivity index is 2.23. The molecule has 0 saturated heterocycles. The molecule has 0 bridgehead atoms. The highest BCUT2D eigenvalue weighted by molar-refractivity contribution is 9.10. The van der Waals surface area contributed by atoms with Gasteiger partial charge in [-0.2, -0.15) is 0 Å². The number of hydrogen-bond donors (Lipinski definition) is 0. The van der Waals surface area contributed by atoms with Crippen molar-refractivity contribution in [2.45, 2.75) is 6.42 Å². The van der Waals surface area contributed by atoms with Crippen molar-refractivity contribution in [2.75, 3.05) is 7.11 Å². The lowest BCUT2D eigenvalue weighted by Gasteiger charge is -1.99. The maximum atomic E-state index is 13.1. The third-order valence-corrected chi connectivity index (χ3v) is 3.75. The van der Waals surface area contributed by atoms with E-state index in [0.29, 0.717) is 9.48 Å². The van der Waals surface area contributed by atoms with E-state index in [2.05, 4.69) is 25.7 Å². The molecule has 0 fully saturated rings. The van der Waals surface area contributed by atoms with Crippen LogP contribution < -0.4 is 0 Å². The molecule has 1 heterocycles. The lowest BCUT2D eigenvalue weighted by molar-refractivity contribution is -0.139. The zero-order valence-electron chi connectivity index (χ0n) is 9.44. The first-order valence-corrected chi connectivity index (χ1v) is 6.74. The number of rotatable bonds is 3. The van der Waals surface area contributed by atoms with E-state index in [1.54, 1.807) is 12.1 Å². The Morgan fingerprint density at radius 2 is 2.33 bits per heavy atom. The molecule has 94 valence electrons. The number of carbonyl (C=O) groups is 1. The zero-order valence-corrected chi connectivity index (χ0v) is 11.8. The summed E-state index contributed by atoms with van der Waals surface area (Å²) in [7, 11) is 1.34. The molecule has 0 spiro atoms. The van der Waals surface area contributed by atoms with E-state index >= 15 is 0 Å². The van der Waals surface area contributed by atoms with Gasteiger partial charge in [0.1, 0.15) is 10.8 Å². The zero-order chi connectivity index (χ0) is 13.1. The van der Waals surface area contributed by atoms with Gasteiger partial charge in [-0.1, -0.05) is 0 Å². The summed E-state index contributed by atoms with van der Waals surface area (Å²) >= 11 is 4.51. The van der Waals surface area contributed by atoms with E-state index in [9.17, 15) is 9.18 Å². The van der Waals surface area contributed by atoms with Crippen LogP contribution in [0.2, 0.25) is 0 Å². The number of benzene rings is 1. The van der Waals surface area contributed by atoms with Crippen LogP contribution in [0.25, 0.3) is 11.3 Å². The van der Waals surface area contributed by atoms with Crippen molar-refractivity contribution >= 4 is 33.2 Å². The fourth-order valence-corrected chi connectivity index (χ4v) is 2.54. The van der Waals surface area contributed by atoms with E-state index in [4.69, 9.17) is 0 Å². The third kappa shape index (κ3) is 2.94. The van der Waals surface area contributed by atoms with Gasteiger partial charge in [0.2, 0.25) is 0 Å². The second-order valence-electron chi connectivity index (χ2n) is 3.51. The fraction of sp³-hybridized carbons (Fsp3) is 0.167. The second-order valence-corrected chi connectivity index (χ2v) is 5.31. The molecule has 0 amide bonds. The van der Waals surface area contributed by atoms with Crippen molar-refractivity contribution in [3.8, 4) is 11.3 Å². The molecule has 0 unspecified atom stereocenters. The van der Waals surface area contributed by atoms with Gasteiger partial charge in [-0.25, -0.2) is 9.37 Å². The molecule has 0 N–H and O–H groups in total. The monoisotopic (exact) mass is 329 g/mol. The van der Waals surface area contributed by atoms with Crippen LogP contribution in [0.5, 0.6) is 0 Å². The number of ether oxygens (including phenoxy) is 1. The Kier molecular flexibility index (Phi) is 4.08. The minimum Gasteiger partial charge on any atom is -0.469 e. The average Bonchev–Trinajstić information content (AvgIpc) is 2.81. The van der Waals surface area contributed by atoms with Gasteiger partial charge in [0.05, 0.1) is 23.7 Å². The normalized spacial score (nSPS) is 10.4. The van der Waals surface area contributed by atoms with Crippen molar-refractivity contribution in [2.24, 2.45) is 0 Å².